The number of urea groups is 1. The van der Waals surface area contributed by atoms with Crippen molar-refractivity contribution in [1.82, 2.24) is 0 Å². The summed E-state index contributed by atoms with van der Waals surface area (Å²) in [6.07, 6.45) is 0. The number of anilines is 6. The summed E-state index contributed by atoms with van der Waals surface area (Å²) in [5, 5.41) is 27.1. The SMILES string of the molecule is Cc1c2ccc(c1NC(=O)Nc1c3ccc(c1C)N(c1cc(O)c4ccc(S(=O)(=O)O)cc4c1)S3(=O)=O)S(=O)(=O)N2c1cc(O)c2ccc(S(=O)(=O)O)cc2c1. The van der Waals surface area contributed by atoms with Crippen LogP contribution in [0.25, 0.3) is 21.5 Å². The smallest absolute Gasteiger partial charge is 0.323 e. The summed E-state index contributed by atoms with van der Waals surface area (Å²) in [6.45, 7) is 3.04. The van der Waals surface area contributed by atoms with Gasteiger partial charge in [-0.15, -0.1) is 0 Å². The lowest BCUT2D eigenvalue weighted by atomic mass is 10.1. The highest BCUT2D eigenvalue weighted by Crippen LogP contribution is 2.49. The molecule has 4 aliphatic heterocycles. The van der Waals surface area contributed by atoms with Crippen molar-refractivity contribution in [3.8, 4) is 11.5 Å². The number of hydrogen-bond donors (Lipinski definition) is 6. The fourth-order valence-electron chi connectivity index (χ4n) is 6.98. The number of benzene rings is 6. The second kappa shape index (κ2) is 12.0. The molecular formula is C35H26N4O13S4. The average Bonchev–Trinajstić information content (AvgIpc) is 3.09. The number of carbonyl (C=O) groups excluding carboxylic acids is 1. The standard InChI is InChI=1S/C35H26N4O13S4/c1-17-27-7-9-31(53(43,44)38(27)21-11-19-13-23(55(47,48)49)3-5-25(19)29(40)15-21)33(17)36-35(42)37-34-18(2)28-8-10-32(34)54(45,46)39(28)22-12-20-14-24(56(50,51)52)4-6-26(20)30(41)16-22/h3-16,40-41H,1-2H3,(H2,36,37,42)(H,47,48,49)(H,50,51,52). The van der Waals surface area contributed by atoms with E-state index < -0.39 is 56.1 Å². The molecule has 0 saturated heterocycles. The summed E-state index contributed by atoms with van der Waals surface area (Å²) in [5.41, 5.74) is 0.281. The predicted octanol–water partition coefficient (Wildman–Crippen LogP) is 5.84. The topological polar surface area (TPSA) is 265 Å². The van der Waals surface area contributed by atoms with Crippen molar-refractivity contribution in [2.24, 2.45) is 0 Å². The van der Waals surface area contributed by atoms with Crippen LogP contribution in [0.3, 0.4) is 0 Å². The summed E-state index contributed by atoms with van der Waals surface area (Å²) >= 11 is 0. The van der Waals surface area contributed by atoms with Crippen molar-refractivity contribution >= 4 is 102 Å². The molecule has 4 bridgehead atoms. The van der Waals surface area contributed by atoms with Gasteiger partial charge in [0.15, 0.2) is 0 Å². The largest absolute Gasteiger partial charge is 0.507 e. The van der Waals surface area contributed by atoms with E-state index in [1.165, 1.54) is 62.4 Å². The number of phenols is 2. The monoisotopic (exact) mass is 838 g/mol. The van der Waals surface area contributed by atoms with Crippen LogP contribution < -0.4 is 19.2 Å². The minimum Gasteiger partial charge on any atom is -0.507 e. The Morgan fingerprint density at radius 1 is 0.571 bits per heavy atom. The predicted molar refractivity (Wildman–Crippen MR) is 205 cm³/mol. The van der Waals surface area contributed by atoms with Crippen LogP contribution in [-0.2, 0) is 40.3 Å². The molecule has 0 fully saturated rings. The van der Waals surface area contributed by atoms with E-state index in [9.17, 15) is 57.8 Å². The fourth-order valence-corrected chi connectivity index (χ4v) is 11.5. The van der Waals surface area contributed by atoms with Gasteiger partial charge in [-0.2, -0.15) is 16.8 Å². The highest BCUT2D eigenvalue weighted by atomic mass is 32.2. The molecule has 0 unspecified atom stereocenters. The number of aromatic hydroxyl groups is 2. The number of sulfonamides is 2. The maximum absolute atomic E-state index is 14.0. The first kappa shape index (κ1) is 37.0. The lowest BCUT2D eigenvalue weighted by molar-refractivity contribution is 0.262. The lowest BCUT2D eigenvalue weighted by Crippen LogP contribution is -2.35. The number of fused-ring (bicyclic) bond motifs is 8. The summed E-state index contributed by atoms with van der Waals surface area (Å²) in [4.78, 5) is 11.9. The number of rotatable bonds is 6. The number of phenolic OH excluding ortho intramolecular Hbond substituents is 2. The van der Waals surface area contributed by atoms with Crippen molar-refractivity contribution in [3.05, 3.63) is 96.1 Å². The molecule has 6 aromatic carbocycles. The molecule has 10 rings (SSSR count). The Morgan fingerprint density at radius 2 is 0.946 bits per heavy atom. The molecule has 6 N–H and O–H groups in total. The van der Waals surface area contributed by atoms with Crippen molar-refractivity contribution < 1.29 is 57.8 Å². The van der Waals surface area contributed by atoms with Crippen LogP contribution in [0.15, 0.2) is 105 Å². The van der Waals surface area contributed by atoms with E-state index in [1.807, 2.05) is 0 Å². The van der Waals surface area contributed by atoms with E-state index >= 15 is 0 Å². The van der Waals surface area contributed by atoms with Gasteiger partial charge in [0, 0.05) is 22.9 Å². The fraction of sp³-hybridized carbons (Fsp3) is 0.0571. The van der Waals surface area contributed by atoms with Crippen molar-refractivity contribution in [2.45, 2.75) is 33.4 Å². The highest BCUT2D eigenvalue weighted by Gasteiger charge is 2.40. The molecule has 17 nitrogen and oxygen atoms in total. The molecule has 0 aromatic heterocycles. The molecule has 2 amide bonds. The van der Waals surface area contributed by atoms with E-state index in [1.54, 1.807) is 0 Å². The molecule has 0 atom stereocenters. The van der Waals surface area contributed by atoms with E-state index in [2.05, 4.69) is 10.6 Å². The minimum absolute atomic E-state index is 0.0699. The third-order valence-electron chi connectivity index (χ3n) is 9.59. The maximum Gasteiger partial charge on any atom is 0.323 e. The Labute approximate surface area is 318 Å². The Morgan fingerprint density at radius 3 is 1.30 bits per heavy atom. The summed E-state index contributed by atoms with van der Waals surface area (Å²) in [5.74, 6) is -0.755. The second-order valence-corrected chi connectivity index (χ2v) is 19.3. The van der Waals surface area contributed by atoms with Gasteiger partial charge in [-0.3, -0.25) is 9.11 Å². The average molecular weight is 839 g/mol. The van der Waals surface area contributed by atoms with E-state index in [-0.39, 0.29) is 88.1 Å². The number of hydrogen-bond acceptors (Lipinski definition) is 11. The first-order chi connectivity index (χ1) is 26.1. The third kappa shape index (κ3) is 5.58. The highest BCUT2D eigenvalue weighted by molar-refractivity contribution is 7.93. The summed E-state index contributed by atoms with van der Waals surface area (Å²) < 4.78 is 124. The molecule has 0 spiro atoms. The van der Waals surface area contributed by atoms with Crippen LogP contribution in [0, 0.1) is 13.8 Å². The van der Waals surface area contributed by atoms with Gasteiger partial charge in [-0.25, -0.2) is 30.2 Å². The molecule has 56 heavy (non-hydrogen) atoms. The van der Waals surface area contributed by atoms with Crippen molar-refractivity contribution in [1.29, 1.82) is 0 Å². The first-order valence-corrected chi connectivity index (χ1v) is 21.8. The Bertz CT molecular complexity index is 3050. The molecule has 21 heteroatoms. The third-order valence-corrected chi connectivity index (χ3v) is 14.9. The van der Waals surface area contributed by atoms with E-state index in [0.717, 1.165) is 45.0 Å². The van der Waals surface area contributed by atoms with Crippen LogP contribution in [0.5, 0.6) is 11.5 Å². The maximum atomic E-state index is 14.0. The molecule has 4 heterocycles. The molecule has 288 valence electrons. The molecule has 0 radical (unpaired) electrons. The summed E-state index contributed by atoms with van der Waals surface area (Å²) in [7, 11) is -18.2. The zero-order valence-corrected chi connectivity index (χ0v) is 31.8. The van der Waals surface area contributed by atoms with E-state index in [4.69, 9.17) is 0 Å². The quantitative estimate of drug-likeness (QED) is 0.108. The normalized spacial score (nSPS) is 15.4. The number of nitrogens with one attached hydrogen (secondary N) is 2. The van der Waals surface area contributed by atoms with Gasteiger partial charge in [0.1, 0.15) is 21.3 Å². The van der Waals surface area contributed by atoms with Crippen LogP contribution in [0.1, 0.15) is 11.1 Å². The van der Waals surface area contributed by atoms with Gasteiger partial charge >= 0.3 is 6.03 Å². The molecule has 0 saturated carbocycles. The lowest BCUT2D eigenvalue weighted by Gasteiger charge is -2.34. The van der Waals surface area contributed by atoms with Gasteiger partial charge < -0.3 is 20.8 Å². The first-order valence-electron chi connectivity index (χ1n) is 16.0. The molecule has 4 aliphatic rings. The van der Waals surface area contributed by atoms with Gasteiger partial charge in [0.05, 0.1) is 43.9 Å². The Kier molecular flexibility index (Phi) is 7.93. The second-order valence-electron chi connectivity index (χ2n) is 12.9. The van der Waals surface area contributed by atoms with Gasteiger partial charge in [-0.1, -0.05) is 0 Å². The van der Waals surface area contributed by atoms with Crippen molar-refractivity contribution in [3.63, 3.8) is 0 Å². The van der Waals surface area contributed by atoms with Crippen LogP contribution in [-0.4, -0.2) is 59.0 Å². The van der Waals surface area contributed by atoms with Crippen LogP contribution in [0.2, 0.25) is 0 Å². The molecular weight excluding hydrogens is 813 g/mol. The number of amides is 2. The summed E-state index contributed by atoms with van der Waals surface area (Å²) in [6, 6.07) is 16.2. The van der Waals surface area contributed by atoms with Gasteiger partial charge in [0.2, 0.25) is 0 Å². The van der Waals surface area contributed by atoms with Crippen molar-refractivity contribution in [2.75, 3.05) is 19.2 Å². The Balaban J connectivity index is 1.13. The number of nitrogens with zero attached hydrogens (tertiary/aromatic N) is 2. The Hall–Kier alpha value is -5.97. The van der Waals surface area contributed by atoms with Gasteiger partial charge in [-0.05, 0) is 109 Å². The zero-order valence-electron chi connectivity index (χ0n) is 28.6. The van der Waals surface area contributed by atoms with Gasteiger partial charge in [0.25, 0.3) is 40.3 Å². The van der Waals surface area contributed by atoms with Crippen LogP contribution >= 0.6 is 0 Å². The van der Waals surface area contributed by atoms with Crippen LogP contribution in [0.4, 0.5) is 38.9 Å². The minimum atomic E-state index is -4.62. The zero-order chi connectivity index (χ0) is 40.4. The van der Waals surface area contributed by atoms with E-state index in [0.29, 0.717) is 0 Å². The number of carbonyl (C=O) groups is 1. The molecule has 0 aliphatic carbocycles. The molecule has 6 aromatic rings.